The first-order valence-electron chi connectivity index (χ1n) is 7.67. The summed E-state index contributed by atoms with van der Waals surface area (Å²) in [6.45, 7) is 1.66. The lowest BCUT2D eigenvalue weighted by molar-refractivity contribution is -0.121. The second-order valence-electron chi connectivity index (χ2n) is 5.77. The number of halogens is 2. The molecule has 2 heterocycles. The van der Waals surface area contributed by atoms with Crippen molar-refractivity contribution in [2.24, 2.45) is 0 Å². The van der Waals surface area contributed by atoms with Crippen molar-refractivity contribution in [1.29, 1.82) is 5.26 Å². The van der Waals surface area contributed by atoms with Gasteiger partial charge in [0.25, 0.3) is 5.56 Å². The lowest BCUT2D eigenvalue weighted by Crippen LogP contribution is -2.29. The Balaban J connectivity index is 1.77. The molecule has 1 atom stereocenters. The van der Waals surface area contributed by atoms with Crippen molar-refractivity contribution in [2.75, 3.05) is 0 Å². The minimum absolute atomic E-state index is 0.0703. The summed E-state index contributed by atoms with van der Waals surface area (Å²) in [5, 5.41) is 11.3. The predicted molar refractivity (Wildman–Crippen MR) is 93.8 cm³/mol. The van der Waals surface area contributed by atoms with Gasteiger partial charge < -0.3 is 10.3 Å². The van der Waals surface area contributed by atoms with Gasteiger partial charge in [0.15, 0.2) is 5.13 Å². The lowest BCUT2D eigenvalue weighted by atomic mass is 10.1. The topological polar surface area (TPSA) is 85.8 Å². The van der Waals surface area contributed by atoms with E-state index in [1.165, 1.54) is 30.3 Å². The molecule has 2 N–H and O–H groups in total. The van der Waals surface area contributed by atoms with E-state index >= 15 is 0 Å². The Morgan fingerprint density at radius 2 is 2.12 bits per heavy atom. The zero-order valence-electron chi connectivity index (χ0n) is 13.6. The predicted octanol–water partition coefficient (Wildman–Crippen LogP) is 3.16. The Bertz CT molecular complexity index is 1100. The molecule has 2 aromatic heterocycles. The van der Waals surface area contributed by atoms with E-state index < -0.39 is 28.5 Å². The van der Waals surface area contributed by atoms with Crippen LogP contribution in [0.15, 0.2) is 35.1 Å². The number of rotatable bonds is 4. The first-order valence-corrected chi connectivity index (χ1v) is 8.49. The number of thiophene rings is 1. The largest absolute Gasteiger partial charge is 0.348 e. The van der Waals surface area contributed by atoms with E-state index in [4.69, 9.17) is 5.26 Å². The third-order valence-corrected chi connectivity index (χ3v) is 4.97. The Morgan fingerprint density at radius 1 is 1.35 bits per heavy atom. The quantitative estimate of drug-likeness (QED) is 0.737. The maximum absolute atomic E-state index is 13.5. The zero-order chi connectivity index (χ0) is 18.8. The monoisotopic (exact) mass is 373 g/mol. The van der Waals surface area contributed by atoms with Crippen LogP contribution >= 0.6 is 11.3 Å². The molecule has 5 nitrogen and oxygen atoms in total. The summed E-state index contributed by atoms with van der Waals surface area (Å²) in [5.41, 5.74) is 0.176. The number of pyridine rings is 1. The Kier molecular flexibility index (Phi) is 4.82. The van der Waals surface area contributed by atoms with Crippen LogP contribution in [-0.4, -0.2) is 10.9 Å². The summed E-state index contributed by atoms with van der Waals surface area (Å²) >= 11 is 0.788. The van der Waals surface area contributed by atoms with E-state index in [2.05, 4.69) is 10.3 Å². The maximum atomic E-state index is 13.5. The van der Waals surface area contributed by atoms with Gasteiger partial charge in [-0.2, -0.15) is 9.65 Å². The maximum Gasteiger partial charge on any atom is 0.252 e. The average molecular weight is 373 g/mol. The number of nitrogens with zero attached hydrogens (tertiary/aromatic N) is 1. The highest BCUT2D eigenvalue weighted by Gasteiger charge is 2.17. The average Bonchev–Trinajstić information content (AvgIpc) is 2.97. The number of nitrogens with one attached hydrogen (secondary N) is 2. The van der Waals surface area contributed by atoms with Crippen LogP contribution < -0.4 is 10.9 Å². The second kappa shape index (κ2) is 7.06. The minimum Gasteiger partial charge on any atom is -0.348 e. The number of hydrogen-bond donors (Lipinski definition) is 2. The molecule has 26 heavy (non-hydrogen) atoms. The molecule has 0 aliphatic heterocycles. The van der Waals surface area contributed by atoms with Crippen molar-refractivity contribution >= 4 is 28.1 Å². The third-order valence-electron chi connectivity index (χ3n) is 3.86. The molecule has 3 aromatic rings. The molecule has 3 rings (SSSR count). The highest BCUT2D eigenvalue weighted by Crippen LogP contribution is 2.25. The van der Waals surface area contributed by atoms with Crippen LogP contribution in [-0.2, 0) is 11.2 Å². The van der Waals surface area contributed by atoms with Gasteiger partial charge in [-0.25, -0.2) is 4.39 Å². The van der Waals surface area contributed by atoms with Gasteiger partial charge in [-0.3, -0.25) is 9.59 Å². The Morgan fingerprint density at radius 3 is 2.81 bits per heavy atom. The highest BCUT2D eigenvalue weighted by atomic mass is 32.1. The van der Waals surface area contributed by atoms with Crippen molar-refractivity contribution in [3.05, 3.63) is 67.6 Å². The van der Waals surface area contributed by atoms with Crippen LogP contribution in [0.4, 0.5) is 8.78 Å². The number of carbonyl (C=O) groups excluding carboxylic acids is 1. The highest BCUT2D eigenvalue weighted by molar-refractivity contribution is 7.10. The molecule has 0 aliphatic rings. The smallest absolute Gasteiger partial charge is 0.252 e. The van der Waals surface area contributed by atoms with Crippen molar-refractivity contribution < 1.29 is 13.6 Å². The molecule has 1 amide bonds. The summed E-state index contributed by atoms with van der Waals surface area (Å²) < 4.78 is 26.8. The van der Waals surface area contributed by atoms with E-state index in [-0.39, 0.29) is 17.5 Å². The molecule has 0 saturated carbocycles. The fraction of sp³-hybridized carbons (Fsp3) is 0.167. The van der Waals surface area contributed by atoms with Crippen LogP contribution in [0, 0.1) is 22.3 Å². The number of benzene rings is 1. The number of aromatic amines is 1. The summed E-state index contributed by atoms with van der Waals surface area (Å²) in [6, 6.07) is 8.05. The normalized spacial score (nSPS) is 11.9. The van der Waals surface area contributed by atoms with Crippen LogP contribution in [0.25, 0.3) is 10.9 Å². The zero-order valence-corrected chi connectivity index (χ0v) is 14.4. The van der Waals surface area contributed by atoms with Crippen LogP contribution in [0.2, 0.25) is 0 Å². The molecule has 0 saturated heterocycles. The van der Waals surface area contributed by atoms with Gasteiger partial charge in [0.2, 0.25) is 5.91 Å². The Hall–Kier alpha value is -3.05. The van der Waals surface area contributed by atoms with E-state index in [9.17, 15) is 18.4 Å². The van der Waals surface area contributed by atoms with Gasteiger partial charge in [0.05, 0.1) is 18.0 Å². The van der Waals surface area contributed by atoms with Crippen molar-refractivity contribution in [3.8, 4) is 6.07 Å². The summed E-state index contributed by atoms with van der Waals surface area (Å²) in [5.74, 6) is -0.882. The molecule has 1 aromatic carbocycles. The SMILES string of the molecule is CC(NC(=O)Cc1cc2cc(F)ccc2[nH]c1=O)c1cc(C#N)c(F)s1. The summed E-state index contributed by atoms with van der Waals surface area (Å²) in [6.07, 6.45) is -0.203. The van der Waals surface area contributed by atoms with Gasteiger partial charge in [0, 0.05) is 21.3 Å². The van der Waals surface area contributed by atoms with E-state index in [0.717, 1.165) is 11.3 Å². The van der Waals surface area contributed by atoms with Gasteiger partial charge >= 0.3 is 0 Å². The molecule has 0 bridgehead atoms. The first-order chi connectivity index (χ1) is 12.4. The molecule has 0 fully saturated rings. The van der Waals surface area contributed by atoms with Gasteiger partial charge in [-0.05, 0) is 37.3 Å². The molecule has 132 valence electrons. The first kappa shape index (κ1) is 17.8. The number of H-pyrrole nitrogens is 1. The number of fused-ring (bicyclic) bond motifs is 1. The van der Waals surface area contributed by atoms with Gasteiger partial charge in [0.1, 0.15) is 11.9 Å². The molecule has 8 heteroatoms. The van der Waals surface area contributed by atoms with Gasteiger partial charge in [-0.15, -0.1) is 11.3 Å². The third kappa shape index (κ3) is 3.63. The van der Waals surface area contributed by atoms with Gasteiger partial charge in [-0.1, -0.05) is 0 Å². The van der Waals surface area contributed by atoms with Crippen LogP contribution in [0.5, 0.6) is 0 Å². The molecule has 1 unspecified atom stereocenters. The van der Waals surface area contributed by atoms with E-state index in [1.807, 2.05) is 0 Å². The van der Waals surface area contributed by atoms with Crippen molar-refractivity contribution in [3.63, 3.8) is 0 Å². The molecule has 0 aliphatic carbocycles. The van der Waals surface area contributed by atoms with Crippen LogP contribution in [0.1, 0.15) is 29.0 Å². The molecule has 0 radical (unpaired) electrons. The number of nitriles is 1. The summed E-state index contributed by atoms with van der Waals surface area (Å²) in [4.78, 5) is 27.4. The number of amides is 1. The lowest BCUT2D eigenvalue weighted by Gasteiger charge is -2.12. The molecular weight excluding hydrogens is 360 g/mol. The number of aromatic nitrogens is 1. The fourth-order valence-corrected chi connectivity index (χ4v) is 3.40. The van der Waals surface area contributed by atoms with Crippen molar-refractivity contribution in [1.82, 2.24) is 10.3 Å². The fourth-order valence-electron chi connectivity index (χ4n) is 2.57. The number of carbonyl (C=O) groups is 1. The van der Waals surface area contributed by atoms with E-state index in [1.54, 1.807) is 13.0 Å². The standard InChI is InChI=1S/C18H13F2N3O2S/c1-9(15-6-12(8-21)17(20)26-15)22-16(24)7-11-4-10-5-13(19)2-3-14(10)23-18(11)25/h2-6,9H,7H2,1H3,(H,22,24)(H,23,25). The van der Waals surface area contributed by atoms with Crippen molar-refractivity contribution in [2.45, 2.75) is 19.4 Å². The number of hydrogen-bond acceptors (Lipinski definition) is 4. The van der Waals surface area contributed by atoms with E-state index in [0.29, 0.717) is 15.8 Å². The second-order valence-corrected chi connectivity index (χ2v) is 6.80. The minimum atomic E-state index is -0.600. The molecule has 0 spiro atoms. The Labute approximate surface area is 150 Å². The van der Waals surface area contributed by atoms with Crippen LogP contribution in [0.3, 0.4) is 0 Å². The molecular formula is C18H13F2N3O2S. The summed E-state index contributed by atoms with van der Waals surface area (Å²) in [7, 11) is 0.